The maximum absolute atomic E-state index is 13.8. The van der Waals surface area contributed by atoms with Crippen LogP contribution in [0, 0.1) is 5.82 Å². The van der Waals surface area contributed by atoms with E-state index in [1.807, 2.05) is 53.4 Å². The Morgan fingerprint density at radius 2 is 1.88 bits per heavy atom. The summed E-state index contributed by atoms with van der Waals surface area (Å²) in [6, 6.07) is 19.8. The van der Waals surface area contributed by atoms with Gasteiger partial charge < -0.3 is 14.6 Å². The largest absolute Gasteiger partial charge is 0.497 e. The lowest BCUT2D eigenvalue weighted by atomic mass is 10.1. The number of aliphatic carboxylic acids is 1. The second kappa shape index (κ2) is 12.1. The smallest absolute Gasteiger partial charge is 0.320 e. The van der Waals surface area contributed by atoms with E-state index in [-0.39, 0.29) is 18.2 Å². The van der Waals surface area contributed by atoms with Crippen molar-refractivity contribution < 1.29 is 23.8 Å². The summed E-state index contributed by atoms with van der Waals surface area (Å²) in [4.78, 5) is 15.0. The molecule has 0 aromatic heterocycles. The molecule has 0 radical (unpaired) electrons. The fraction of sp³-hybridized carbons (Fsp3) is 0.269. The summed E-state index contributed by atoms with van der Waals surface area (Å²) in [6.45, 7) is 1.69. The number of ether oxygens (including phenoxy) is 2. The lowest BCUT2D eigenvalue weighted by Gasteiger charge is -2.21. The molecule has 4 rings (SSSR count). The van der Waals surface area contributed by atoms with Crippen LogP contribution in [-0.4, -0.2) is 48.8 Å². The number of carboxylic acid groups (broad SMARTS) is 1. The molecule has 34 heavy (non-hydrogen) atoms. The van der Waals surface area contributed by atoms with Crippen molar-refractivity contribution in [1.29, 1.82) is 0 Å². The van der Waals surface area contributed by atoms with Gasteiger partial charge in [0.15, 0.2) is 0 Å². The number of carbonyl (C=O) groups is 1. The molecule has 0 aliphatic carbocycles. The van der Waals surface area contributed by atoms with Gasteiger partial charge in [-0.2, -0.15) is 0 Å². The first kappa shape index (κ1) is 25.9. The average molecular weight is 504 g/mol. The lowest BCUT2D eigenvalue weighted by Crippen LogP contribution is -2.38. The minimum atomic E-state index is -0.779. The zero-order valence-electron chi connectivity index (χ0n) is 18.8. The Morgan fingerprint density at radius 3 is 2.59 bits per heavy atom. The minimum absolute atomic E-state index is 0. The van der Waals surface area contributed by atoms with E-state index in [0.29, 0.717) is 25.3 Å². The number of hydrogen-bond donors (Lipinski definition) is 1. The summed E-state index contributed by atoms with van der Waals surface area (Å²) < 4.78 is 25.1. The molecule has 5 nitrogen and oxygen atoms in total. The zero-order chi connectivity index (χ0) is 23.2. The molecule has 0 amide bonds. The van der Waals surface area contributed by atoms with Crippen molar-refractivity contribution in [3.05, 3.63) is 72.5 Å². The molecule has 1 atom stereocenters. The van der Waals surface area contributed by atoms with Crippen LogP contribution in [0.15, 0.2) is 76.5 Å². The Bertz CT molecular complexity index is 1110. The van der Waals surface area contributed by atoms with Gasteiger partial charge in [0.05, 0.1) is 12.0 Å². The molecule has 0 unspecified atom stereocenters. The van der Waals surface area contributed by atoms with Crippen LogP contribution < -0.4 is 9.47 Å². The number of hydrogen-bond acceptors (Lipinski definition) is 5. The average Bonchev–Trinajstić information content (AvgIpc) is 3.29. The van der Waals surface area contributed by atoms with E-state index in [0.717, 1.165) is 39.6 Å². The molecule has 180 valence electrons. The SMILES string of the molecule is COc1ccc(-c2ccc(OCCN3CCC[C@H]3C(=O)O)c(Sc3cccc(F)c3)c2)cc1.Cl. The second-order valence-corrected chi connectivity index (χ2v) is 8.95. The Balaban J connectivity index is 0.00000324. The van der Waals surface area contributed by atoms with Crippen LogP contribution in [0.1, 0.15) is 12.8 Å². The summed E-state index contributed by atoms with van der Waals surface area (Å²) in [5.74, 6) is 0.406. The zero-order valence-corrected chi connectivity index (χ0v) is 20.4. The van der Waals surface area contributed by atoms with Crippen LogP contribution in [0.2, 0.25) is 0 Å². The van der Waals surface area contributed by atoms with Crippen molar-refractivity contribution in [2.75, 3.05) is 26.8 Å². The van der Waals surface area contributed by atoms with Crippen LogP contribution in [-0.2, 0) is 4.79 Å². The highest BCUT2D eigenvalue weighted by Crippen LogP contribution is 2.38. The molecule has 1 aliphatic heterocycles. The van der Waals surface area contributed by atoms with Gasteiger partial charge in [0.2, 0.25) is 0 Å². The lowest BCUT2D eigenvalue weighted by molar-refractivity contribution is -0.142. The summed E-state index contributed by atoms with van der Waals surface area (Å²) in [7, 11) is 1.63. The van der Waals surface area contributed by atoms with Crippen LogP contribution in [0.3, 0.4) is 0 Å². The van der Waals surface area contributed by atoms with Gasteiger partial charge in [0.1, 0.15) is 30.0 Å². The maximum Gasteiger partial charge on any atom is 0.320 e. The van der Waals surface area contributed by atoms with Crippen molar-refractivity contribution in [3.8, 4) is 22.6 Å². The fourth-order valence-electron chi connectivity index (χ4n) is 3.97. The van der Waals surface area contributed by atoms with E-state index in [2.05, 4.69) is 0 Å². The van der Waals surface area contributed by atoms with Crippen LogP contribution >= 0.6 is 24.2 Å². The third kappa shape index (κ3) is 6.44. The van der Waals surface area contributed by atoms with E-state index < -0.39 is 12.0 Å². The molecular weight excluding hydrogens is 477 g/mol. The van der Waals surface area contributed by atoms with Crippen LogP contribution in [0.25, 0.3) is 11.1 Å². The molecule has 3 aromatic rings. The topological polar surface area (TPSA) is 59.0 Å². The molecular formula is C26H27ClFNO4S. The second-order valence-electron chi connectivity index (χ2n) is 7.83. The van der Waals surface area contributed by atoms with Crippen molar-refractivity contribution in [2.45, 2.75) is 28.7 Å². The Morgan fingerprint density at radius 1 is 1.12 bits per heavy atom. The molecule has 0 spiro atoms. The highest BCUT2D eigenvalue weighted by atomic mass is 35.5. The quantitative estimate of drug-likeness (QED) is 0.386. The summed E-state index contributed by atoms with van der Waals surface area (Å²) in [5.41, 5.74) is 2.04. The first-order chi connectivity index (χ1) is 16.0. The third-order valence-electron chi connectivity index (χ3n) is 5.68. The molecule has 1 heterocycles. The molecule has 1 N–H and O–H groups in total. The molecule has 0 saturated carbocycles. The monoisotopic (exact) mass is 503 g/mol. The van der Waals surface area contributed by atoms with E-state index in [1.54, 1.807) is 13.2 Å². The number of rotatable bonds is 9. The fourth-order valence-corrected chi connectivity index (χ4v) is 4.96. The number of carboxylic acids is 1. The molecule has 1 aliphatic rings. The molecule has 3 aromatic carbocycles. The minimum Gasteiger partial charge on any atom is -0.497 e. The summed E-state index contributed by atoms with van der Waals surface area (Å²) in [5, 5.41) is 9.38. The van der Waals surface area contributed by atoms with Gasteiger partial charge in [-0.15, -0.1) is 12.4 Å². The molecule has 1 saturated heterocycles. The van der Waals surface area contributed by atoms with Crippen molar-refractivity contribution in [1.82, 2.24) is 4.90 Å². The predicted molar refractivity (Wildman–Crippen MR) is 134 cm³/mol. The molecule has 1 fully saturated rings. The van der Waals surface area contributed by atoms with Gasteiger partial charge >= 0.3 is 5.97 Å². The van der Waals surface area contributed by atoms with Crippen molar-refractivity contribution in [3.63, 3.8) is 0 Å². The summed E-state index contributed by atoms with van der Waals surface area (Å²) >= 11 is 1.44. The third-order valence-corrected chi connectivity index (χ3v) is 6.70. The predicted octanol–water partition coefficient (Wildman–Crippen LogP) is 6.00. The van der Waals surface area contributed by atoms with E-state index in [1.165, 1.54) is 23.9 Å². The standard InChI is InChI=1S/C26H26FNO4S.ClH/c1-31-21-10-7-18(8-11-21)19-9-12-24(25(16-19)33-22-5-2-4-20(27)17-22)32-15-14-28-13-3-6-23(28)26(29)30;/h2,4-5,7-12,16-17,23H,3,6,13-15H2,1H3,(H,29,30);1H/t23-;/m0./s1. The normalized spacial score (nSPS) is 15.5. The first-order valence-electron chi connectivity index (χ1n) is 10.8. The van der Waals surface area contributed by atoms with Crippen LogP contribution in [0.5, 0.6) is 11.5 Å². The number of nitrogens with zero attached hydrogens (tertiary/aromatic N) is 1. The number of methoxy groups -OCH3 is 1. The first-order valence-corrected chi connectivity index (χ1v) is 11.7. The van der Waals surface area contributed by atoms with Gasteiger partial charge in [0, 0.05) is 11.4 Å². The van der Waals surface area contributed by atoms with Crippen molar-refractivity contribution >= 4 is 30.1 Å². The van der Waals surface area contributed by atoms with Crippen molar-refractivity contribution in [2.24, 2.45) is 0 Å². The number of benzene rings is 3. The number of likely N-dealkylation sites (tertiary alicyclic amines) is 1. The van der Waals surface area contributed by atoms with Crippen LogP contribution in [0.4, 0.5) is 4.39 Å². The van der Waals surface area contributed by atoms with E-state index in [4.69, 9.17) is 9.47 Å². The molecule has 8 heteroatoms. The van der Waals surface area contributed by atoms with Gasteiger partial charge in [-0.25, -0.2) is 4.39 Å². The Hall–Kier alpha value is -2.74. The van der Waals surface area contributed by atoms with Gasteiger partial charge in [-0.3, -0.25) is 9.69 Å². The highest BCUT2D eigenvalue weighted by Gasteiger charge is 2.30. The maximum atomic E-state index is 13.8. The van der Waals surface area contributed by atoms with E-state index in [9.17, 15) is 14.3 Å². The summed E-state index contributed by atoms with van der Waals surface area (Å²) in [6.07, 6.45) is 1.56. The highest BCUT2D eigenvalue weighted by molar-refractivity contribution is 7.99. The Kier molecular flexibility index (Phi) is 9.21. The molecule has 0 bridgehead atoms. The van der Waals surface area contributed by atoms with Gasteiger partial charge in [-0.05, 0) is 73.0 Å². The van der Waals surface area contributed by atoms with E-state index >= 15 is 0 Å². The van der Waals surface area contributed by atoms with Gasteiger partial charge in [0.25, 0.3) is 0 Å². The number of halogens is 2. The van der Waals surface area contributed by atoms with Gasteiger partial charge in [-0.1, -0.05) is 36.0 Å². The Labute approximate surface area is 209 Å².